The summed E-state index contributed by atoms with van der Waals surface area (Å²) in [5.41, 5.74) is 3.52. The second-order valence-corrected chi connectivity index (χ2v) is 10.6. The topological polar surface area (TPSA) is 40.5 Å². The molecule has 0 spiro atoms. The lowest BCUT2D eigenvalue weighted by Gasteiger charge is -2.57. The van der Waals surface area contributed by atoms with Crippen molar-refractivity contribution >= 4 is 6.08 Å². The maximum absolute atomic E-state index is 13.6. The Balaban J connectivity index is 1.47. The van der Waals surface area contributed by atoms with Crippen molar-refractivity contribution in [3.63, 3.8) is 0 Å². The van der Waals surface area contributed by atoms with Crippen molar-refractivity contribution in [3.8, 4) is 0 Å². The van der Waals surface area contributed by atoms with E-state index in [9.17, 15) is 14.6 Å². The molecule has 0 heterocycles. The van der Waals surface area contributed by atoms with Crippen LogP contribution in [0.1, 0.15) is 64.4 Å². The van der Waals surface area contributed by atoms with E-state index in [1.165, 1.54) is 11.6 Å². The van der Waals surface area contributed by atoms with Crippen molar-refractivity contribution in [2.75, 3.05) is 0 Å². The summed E-state index contributed by atoms with van der Waals surface area (Å²) in [5.74, 6) is 1.48. The fraction of sp³-hybridized carbons (Fsp3) is 0.615. The minimum Gasteiger partial charge on any atom is -0.393 e. The molecule has 2 nitrogen and oxygen atoms in total. The van der Waals surface area contributed by atoms with Gasteiger partial charge in [-0.15, -0.1) is 0 Å². The van der Waals surface area contributed by atoms with Gasteiger partial charge in [0.25, 0.3) is 0 Å². The molecule has 1 aromatic carbocycles. The van der Waals surface area contributed by atoms with Gasteiger partial charge in [-0.3, -0.25) is 0 Å². The number of aliphatic hydroxyl groups is 2. The number of hydrogen-bond donors (Lipinski definition) is 2. The smallest absolute Gasteiger partial charge is 0.123 e. The van der Waals surface area contributed by atoms with Gasteiger partial charge >= 0.3 is 0 Å². The van der Waals surface area contributed by atoms with Gasteiger partial charge in [0.2, 0.25) is 0 Å². The van der Waals surface area contributed by atoms with E-state index in [1.807, 2.05) is 12.1 Å². The standard InChI is InChI=1S/C26H33FO2/c1-25-10-8-20(28)15-18(25)6-7-21-22(25)9-11-26(2)23(21)14-17(24(26)29)12-16-4-3-5-19(27)13-16/h3-6,12-13,20-24,28-29H,7-11,14-15H2,1-2H3/b17-12-. The number of rotatable bonds is 1. The predicted octanol–water partition coefficient (Wildman–Crippen LogP) is 5.50. The molecular formula is C26H33FO2. The lowest BCUT2D eigenvalue weighted by Crippen LogP contribution is -2.51. The number of benzene rings is 1. The van der Waals surface area contributed by atoms with Crippen LogP contribution < -0.4 is 0 Å². The molecule has 2 N–H and O–H groups in total. The lowest BCUT2D eigenvalue weighted by molar-refractivity contribution is -0.0685. The molecule has 3 heteroatoms. The normalized spacial score (nSPS) is 45.3. The molecule has 5 rings (SSSR count). The van der Waals surface area contributed by atoms with Crippen molar-refractivity contribution < 1.29 is 14.6 Å². The Morgan fingerprint density at radius 1 is 1.07 bits per heavy atom. The van der Waals surface area contributed by atoms with Gasteiger partial charge in [0, 0.05) is 5.41 Å². The molecule has 0 radical (unpaired) electrons. The van der Waals surface area contributed by atoms with E-state index in [-0.39, 0.29) is 22.8 Å². The molecular weight excluding hydrogens is 363 g/mol. The predicted molar refractivity (Wildman–Crippen MR) is 113 cm³/mol. The molecule has 7 unspecified atom stereocenters. The number of fused-ring (bicyclic) bond motifs is 5. The SMILES string of the molecule is CC12CCC(O)CC1=CCC1C2CCC2(C)C(O)/C(=C\c3cccc(F)c3)CC12. The molecule has 4 aliphatic rings. The van der Waals surface area contributed by atoms with Crippen LogP contribution in [0.2, 0.25) is 0 Å². The molecule has 3 fully saturated rings. The molecule has 0 saturated heterocycles. The summed E-state index contributed by atoms with van der Waals surface area (Å²) in [6.07, 6.45) is 10.9. The summed E-state index contributed by atoms with van der Waals surface area (Å²) >= 11 is 0. The summed E-state index contributed by atoms with van der Waals surface area (Å²) in [7, 11) is 0. The molecule has 156 valence electrons. The summed E-state index contributed by atoms with van der Waals surface area (Å²) in [6.45, 7) is 4.70. The van der Waals surface area contributed by atoms with Gasteiger partial charge in [-0.1, -0.05) is 43.7 Å². The highest BCUT2D eigenvalue weighted by atomic mass is 19.1. The highest BCUT2D eigenvalue weighted by Crippen LogP contribution is 2.65. The van der Waals surface area contributed by atoms with Gasteiger partial charge in [-0.2, -0.15) is 0 Å². The van der Waals surface area contributed by atoms with Crippen LogP contribution in [0, 0.1) is 34.4 Å². The van der Waals surface area contributed by atoms with Gasteiger partial charge in [-0.25, -0.2) is 4.39 Å². The van der Waals surface area contributed by atoms with Gasteiger partial charge < -0.3 is 10.2 Å². The zero-order valence-corrected chi connectivity index (χ0v) is 17.6. The van der Waals surface area contributed by atoms with Gasteiger partial charge in [0.1, 0.15) is 5.82 Å². The van der Waals surface area contributed by atoms with Gasteiger partial charge in [-0.05, 0) is 91.4 Å². The number of hydrogen-bond acceptors (Lipinski definition) is 2. The molecule has 3 saturated carbocycles. The van der Waals surface area contributed by atoms with Gasteiger partial charge in [0.15, 0.2) is 0 Å². The Kier molecular flexibility index (Phi) is 4.56. The van der Waals surface area contributed by atoms with E-state index < -0.39 is 6.10 Å². The van der Waals surface area contributed by atoms with Crippen LogP contribution in [0.25, 0.3) is 6.08 Å². The van der Waals surface area contributed by atoms with E-state index in [1.54, 1.807) is 12.1 Å². The Morgan fingerprint density at radius 3 is 2.69 bits per heavy atom. The molecule has 29 heavy (non-hydrogen) atoms. The maximum atomic E-state index is 13.6. The number of halogens is 1. The largest absolute Gasteiger partial charge is 0.393 e. The lowest BCUT2D eigenvalue weighted by atomic mass is 9.48. The van der Waals surface area contributed by atoms with Crippen LogP contribution in [0.3, 0.4) is 0 Å². The molecule has 7 atom stereocenters. The Bertz CT molecular complexity index is 873. The first-order valence-corrected chi connectivity index (χ1v) is 11.3. The maximum Gasteiger partial charge on any atom is 0.123 e. The third-order valence-electron chi connectivity index (χ3n) is 9.15. The van der Waals surface area contributed by atoms with E-state index in [4.69, 9.17) is 0 Å². The van der Waals surface area contributed by atoms with Crippen LogP contribution in [0.5, 0.6) is 0 Å². The molecule has 0 aliphatic heterocycles. The first kappa shape index (κ1) is 19.5. The first-order chi connectivity index (χ1) is 13.8. The molecule has 0 amide bonds. The molecule has 4 aliphatic carbocycles. The molecule has 0 bridgehead atoms. The second kappa shape index (κ2) is 6.78. The monoisotopic (exact) mass is 396 g/mol. The quantitative estimate of drug-likeness (QED) is 0.615. The average Bonchev–Trinajstić information content (AvgIpc) is 2.93. The Morgan fingerprint density at radius 2 is 1.90 bits per heavy atom. The van der Waals surface area contributed by atoms with Crippen molar-refractivity contribution in [1.82, 2.24) is 0 Å². The fourth-order valence-corrected chi connectivity index (χ4v) is 7.45. The third kappa shape index (κ3) is 2.96. The van der Waals surface area contributed by atoms with Crippen LogP contribution in [-0.4, -0.2) is 22.4 Å². The number of aliphatic hydroxyl groups excluding tert-OH is 2. The Labute approximate surface area is 173 Å². The minimum atomic E-state index is -0.442. The van der Waals surface area contributed by atoms with Crippen LogP contribution in [0.15, 0.2) is 41.5 Å². The van der Waals surface area contributed by atoms with E-state index in [0.29, 0.717) is 17.8 Å². The van der Waals surface area contributed by atoms with E-state index in [2.05, 4.69) is 19.9 Å². The zero-order valence-electron chi connectivity index (χ0n) is 17.6. The summed E-state index contributed by atoms with van der Waals surface area (Å²) in [4.78, 5) is 0. The Hall–Kier alpha value is -1.45. The van der Waals surface area contributed by atoms with E-state index >= 15 is 0 Å². The highest BCUT2D eigenvalue weighted by molar-refractivity contribution is 5.55. The van der Waals surface area contributed by atoms with Crippen LogP contribution in [0.4, 0.5) is 4.39 Å². The van der Waals surface area contributed by atoms with Crippen molar-refractivity contribution in [1.29, 1.82) is 0 Å². The van der Waals surface area contributed by atoms with Crippen molar-refractivity contribution in [3.05, 3.63) is 52.9 Å². The average molecular weight is 397 g/mol. The van der Waals surface area contributed by atoms with E-state index in [0.717, 1.165) is 56.1 Å². The summed E-state index contributed by atoms with van der Waals surface area (Å²) < 4.78 is 13.6. The zero-order chi connectivity index (χ0) is 20.4. The van der Waals surface area contributed by atoms with Crippen molar-refractivity contribution in [2.45, 2.75) is 71.0 Å². The van der Waals surface area contributed by atoms with Crippen molar-refractivity contribution in [2.24, 2.45) is 28.6 Å². The van der Waals surface area contributed by atoms with Gasteiger partial charge in [0.05, 0.1) is 12.2 Å². The fourth-order valence-electron chi connectivity index (χ4n) is 7.45. The van der Waals surface area contributed by atoms with Crippen LogP contribution >= 0.6 is 0 Å². The first-order valence-electron chi connectivity index (χ1n) is 11.3. The number of allylic oxidation sites excluding steroid dienone is 1. The van der Waals surface area contributed by atoms with Crippen LogP contribution in [-0.2, 0) is 0 Å². The summed E-state index contributed by atoms with van der Waals surface area (Å²) in [6, 6.07) is 6.67. The molecule has 0 aromatic heterocycles. The highest BCUT2D eigenvalue weighted by Gasteiger charge is 2.59. The second-order valence-electron chi connectivity index (χ2n) is 10.6. The third-order valence-corrected chi connectivity index (χ3v) is 9.15. The minimum absolute atomic E-state index is 0.0871. The summed E-state index contributed by atoms with van der Waals surface area (Å²) in [5, 5.41) is 21.5. The molecule has 1 aromatic rings.